The van der Waals surface area contributed by atoms with Gasteiger partial charge in [0.25, 0.3) is 0 Å². The molecule has 1 aromatic rings. The van der Waals surface area contributed by atoms with Crippen LogP contribution in [0.1, 0.15) is 0 Å². The lowest BCUT2D eigenvalue weighted by Gasteiger charge is -2.18. The van der Waals surface area contributed by atoms with Gasteiger partial charge in [0.05, 0.1) is 0 Å². The molecule has 0 spiro atoms. The number of rotatable bonds is 4. The van der Waals surface area contributed by atoms with Crippen molar-refractivity contribution in [2.24, 2.45) is 0 Å². The zero-order valence-corrected chi connectivity index (χ0v) is 12.4. The van der Waals surface area contributed by atoms with Crippen LogP contribution in [-0.2, 0) is 0 Å². The highest BCUT2D eigenvalue weighted by molar-refractivity contribution is 14.3. The summed E-state index contributed by atoms with van der Waals surface area (Å²) in [6.45, 7) is 3.73. The Hall–Kier alpha value is 0.437. The Balaban J connectivity index is 2.63. The van der Waals surface area contributed by atoms with Crippen molar-refractivity contribution in [3.8, 4) is 5.75 Å². The van der Waals surface area contributed by atoms with Crippen LogP contribution in [0.25, 0.3) is 0 Å². The second-order valence-corrected chi connectivity index (χ2v) is 21.1. The standard InChI is InChI=1S/C9H10I2OSi/c1-2-8-13(10,11)12-9-6-4-3-5-7-9/h2-7H,1,8H2. The Morgan fingerprint density at radius 2 is 1.92 bits per heavy atom. The fourth-order valence-corrected chi connectivity index (χ4v) is 5.17. The van der Waals surface area contributed by atoms with E-state index in [4.69, 9.17) is 4.43 Å². The molecule has 1 aromatic carbocycles. The Bertz CT molecular complexity index is 274. The van der Waals surface area contributed by atoms with E-state index in [9.17, 15) is 0 Å². The molecule has 0 N–H and O–H groups in total. The number of halogens is 2. The number of benzene rings is 1. The lowest BCUT2D eigenvalue weighted by atomic mass is 10.3. The second kappa shape index (κ2) is 5.35. The third kappa shape index (κ3) is 4.46. The van der Waals surface area contributed by atoms with E-state index in [2.05, 4.69) is 50.2 Å². The van der Waals surface area contributed by atoms with E-state index in [1.807, 2.05) is 36.4 Å². The molecule has 0 heterocycles. The summed E-state index contributed by atoms with van der Waals surface area (Å²) in [6.07, 6.45) is 1.92. The van der Waals surface area contributed by atoms with Gasteiger partial charge in [-0.25, -0.2) is 0 Å². The SMILES string of the molecule is C=CC[Si](I)(I)Oc1ccccc1. The molecule has 0 aliphatic carbocycles. The molecule has 0 radical (unpaired) electrons. The maximum atomic E-state index is 5.88. The molecule has 0 bridgehead atoms. The van der Waals surface area contributed by atoms with Gasteiger partial charge in [0, 0.05) is 6.04 Å². The lowest BCUT2D eigenvalue weighted by Crippen LogP contribution is -2.25. The average molecular weight is 416 g/mol. The smallest absolute Gasteiger partial charge is 0.385 e. The number of hydrogen-bond acceptors (Lipinski definition) is 1. The first-order valence-corrected chi connectivity index (χ1v) is 12.2. The van der Waals surface area contributed by atoms with E-state index in [0.717, 1.165) is 11.8 Å². The average Bonchev–Trinajstić information content (AvgIpc) is 2.04. The van der Waals surface area contributed by atoms with Crippen molar-refractivity contribution >= 4 is 46.9 Å². The molecular formula is C9H10I2OSi. The van der Waals surface area contributed by atoms with Crippen LogP contribution in [0, 0.1) is 0 Å². The molecule has 4 heteroatoms. The van der Waals surface area contributed by atoms with Gasteiger partial charge >= 0.3 is 3.31 Å². The summed E-state index contributed by atoms with van der Waals surface area (Å²) >= 11 is 4.82. The van der Waals surface area contributed by atoms with Crippen LogP contribution in [0.2, 0.25) is 6.04 Å². The van der Waals surface area contributed by atoms with Crippen LogP contribution in [-0.4, -0.2) is 3.31 Å². The minimum atomic E-state index is -1.62. The quantitative estimate of drug-likeness (QED) is 0.312. The van der Waals surface area contributed by atoms with Crippen LogP contribution in [0.5, 0.6) is 5.75 Å². The van der Waals surface area contributed by atoms with E-state index in [-0.39, 0.29) is 0 Å². The molecule has 0 aromatic heterocycles. The van der Waals surface area contributed by atoms with Crippen molar-refractivity contribution in [2.75, 3.05) is 0 Å². The fraction of sp³-hybridized carbons (Fsp3) is 0.111. The first kappa shape index (κ1) is 11.5. The van der Waals surface area contributed by atoms with E-state index in [0.29, 0.717) is 0 Å². The Labute approximate surface area is 105 Å². The third-order valence-corrected chi connectivity index (χ3v) is 6.65. The van der Waals surface area contributed by atoms with Gasteiger partial charge in [0.1, 0.15) is 5.75 Å². The monoisotopic (exact) mass is 416 g/mol. The highest BCUT2D eigenvalue weighted by atomic mass is 127. The molecular weight excluding hydrogens is 406 g/mol. The van der Waals surface area contributed by atoms with Gasteiger partial charge in [-0.3, -0.25) is 0 Å². The topological polar surface area (TPSA) is 9.23 Å². The van der Waals surface area contributed by atoms with Crippen LogP contribution >= 0.6 is 43.6 Å². The highest BCUT2D eigenvalue weighted by Gasteiger charge is 2.28. The zero-order chi connectivity index (χ0) is 9.73. The molecule has 0 fully saturated rings. The van der Waals surface area contributed by atoms with Gasteiger partial charge in [-0.05, 0) is 12.1 Å². The summed E-state index contributed by atoms with van der Waals surface area (Å²) in [5.74, 6) is 0.958. The maximum absolute atomic E-state index is 5.88. The van der Waals surface area contributed by atoms with Crippen LogP contribution in [0.15, 0.2) is 43.0 Å². The summed E-state index contributed by atoms with van der Waals surface area (Å²) in [7, 11) is 0. The Morgan fingerprint density at radius 3 is 2.46 bits per heavy atom. The van der Waals surface area contributed by atoms with Crippen LogP contribution < -0.4 is 4.43 Å². The van der Waals surface area contributed by atoms with Crippen LogP contribution in [0.4, 0.5) is 0 Å². The van der Waals surface area contributed by atoms with Gasteiger partial charge in [-0.2, -0.15) is 0 Å². The molecule has 0 aliphatic rings. The predicted molar refractivity (Wildman–Crippen MR) is 75.9 cm³/mol. The van der Waals surface area contributed by atoms with Gasteiger partial charge < -0.3 is 4.43 Å². The molecule has 13 heavy (non-hydrogen) atoms. The van der Waals surface area contributed by atoms with E-state index in [1.165, 1.54) is 0 Å². The second-order valence-electron chi connectivity index (χ2n) is 2.55. The van der Waals surface area contributed by atoms with Crippen molar-refractivity contribution in [1.82, 2.24) is 0 Å². The molecule has 1 nitrogen and oxygen atoms in total. The van der Waals surface area contributed by atoms with Crippen molar-refractivity contribution in [2.45, 2.75) is 6.04 Å². The zero-order valence-electron chi connectivity index (χ0n) is 7.04. The van der Waals surface area contributed by atoms with Crippen molar-refractivity contribution in [1.29, 1.82) is 0 Å². The minimum Gasteiger partial charge on any atom is -0.525 e. The number of para-hydroxylation sites is 1. The van der Waals surface area contributed by atoms with Gasteiger partial charge in [-0.1, -0.05) is 67.9 Å². The molecule has 0 saturated heterocycles. The maximum Gasteiger partial charge on any atom is 0.385 e. The number of allylic oxidation sites excluding steroid dienone is 1. The Morgan fingerprint density at radius 1 is 1.31 bits per heavy atom. The fourth-order valence-electron chi connectivity index (χ4n) is 0.871. The Kier molecular flexibility index (Phi) is 4.74. The minimum absolute atomic E-state index is 0.958. The molecule has 70 valence electrons. The first-order valence-electron chi connectivity index (χ1n) is 3.87. The van der Waals surface area contributed by atoms with Gasteiger partial charge in [-0.15, -0.1) is 6.58 Å². The van der Waals surface area contributed by atoms with Crippen molar-refractivity contribution < 1.29 is 4.43 Å². The largest absolute Gasteiger partial charge is 0.525 e. The summed E-state index contributed by atoms with van der Waals surface area (Å²) in [4.78, 5) is 0. The van der Waals surface area contributed by atoms with E-state index < -0.39 is 3.31 Å². The molecule has 0 atom stereocenters. The molecule has 0 aliphatic heterocycles. The van der Waals surface area contributed by atoms with E-state index >= 15 is 0 Å². The summed E-state index contributed by atoms with van der Waals surface area (Å²) in [5.41, 5.74) is 0. The molecule has 0 saturated carbocycles. The number of hydrogen-bond donors (Lipinski definition) is 0. The normalized spacial score (nSPS) is 10.9. The summed E-state index contributed by atoms with van der Waals surface area (Å²) < 4.78 is 4.26. The predicted octanol–water partition coefficient (Wildman–Crippen LogP) is 4.06. The van der Waals surface area contributed by atoms with Gasteiger partial charge in [0.15, 0.2) is 0 Å². The van der Waals surface area contributed by atoms with Crippen molar-refractivity contribution in [3.63, 3.8) is 0 Å². The molecule has 0 unspecified atom stereocenters. The lowest BCUT2D eigenvalue weighted by molar-refractivity contribution is 0.590. The summed E-state index contributed by atoms with van der Waals surface area (Å²) in [6, 6.07) is 10.9. The van der Waals surface area contributed by atoms with Gasteiger partial charge in [0.2, 0.25) is 0 Å². The third-order valence-electron chi connectivity index (χ3n) is 1.39. The first-order chi connectivity index (χ1) is 6.14. The molecule has 0 amide bonds. The van der Waals surface area contributed by atoms with Crippen LogP contribution in [0.3, 0.4) is 0 Å². The van der Waals surface area contributed by atoms with E-state index in [1.54, 1.807) is 0 Å². The summed E-state index contributed by atoms with van der Waals surface area (Å²) in [5, 5.41) is 0. The highest BCUT2D eigenvalue weighted by Crippen LogP contribution is 2.30. The molecule has 1 rings (SSSR count). The van der Waals surface area contributed by atoms with Crippen molar-refractivity contribution in [3.05, 3.63) is 43.0 Å².